The quantitative estimate of drug-likeness (QED) is 0.607. The van der Waals surface area contributed by atoms with Gasteiger partial charge in [-0.1, -0.05) is 30.3 Å². The number of fused-ring (bicyclic) bond motifs is 1. The van der Waals surface area contributed by atoms with Crippen LogP contribution in [0.3, 0.4) is 0 Å². The molecule has 6 heteroatoms. The van der Waals surface area contributed by atoms with Crippen molar-refractivity contribution in [1.82, 2.24) is 24.5 Å². The number of rotatable bonds is 3. The number of nitrogens with two attached hydrogens (primary N) is 1. The Balaban J connectivity index is 1.86. The number of aryl methyl sites for hydroxylation is 1. The molecule has 0 fully saturated rings. The number of H-pyrrole nitrogens is 1. The molecular formula is C18H18N6. The van der Waals surface area contributed by atoms with E-state index in [9.17, 15) is 0 Å². The molecule has 1 atom stereocenters. The van der Waals surface area contributed by atoms with Crippen LogP contribution in [0, 0.1) is 6.92 Å². The Labute approximate surface area is 139 Å². The molecule has 1 aromatic carbocycles. The number of hydrogen-bond donors (Lipinski definition) is 2. The number of hydrogen-bond acceptors (Lipinski definition) is 4. The van der Waals surface area contributed by atoms with E-state index in [2.05, 4.69) is 52.0 Å². The first-order valence-corrected chi connectivity index (χ1v) is 7.83. The third-order valence-electron chi connectivity index (χ3n) is 4.29. The molecule has 0 bridgehead atoms. The maximum atomic E-state index is 5.90. The second-order valence-electron chi connectivity index (χ2n) is 5.90. The molecule has 3 aromatic heterocycles. The van der Waals surface area contributed by atoms with Crippen LogP contribution in [-0.2, 0) is 0 Å². The van der Waals surface area contributed by atoms with Gasteiger partial charge in [0, 0.05) is 17.0 Å². The molecule has 120 valence electrons. The first-order valence-electron chi connectivity index (χ1n) is 7.83. The van der Waals surface area contributed by atoms with Crippen LogP contribution in [0.25, 0.3) is 22.3 Å². The van der Waals surface area contributed by atoms with E-state index in [1.54, 1.807) is 6.33 Å². The van der Waals surface area contributed by atoms with E-state index in [4.69, 9.17) is 5.73 Å². The Morgan fingerprint density at radius 3 is 2.71 bits per heavy atom. The van der Waals surface area contributed by atoms with Crippen LogP contribution in [0.15, 0.2) is 49.1 Å². The minimum atomic E-state index is 0.0354. The average Bonchev–Trinajstić information content (AvgIpc) is 3.20. The molecule has 6 nitrogen and oxygen atoms in total. The van der Waals surface area contributed by atoms with Crippen LogP contribution in [0.1, 0.15) is 24.4 Å². The number of anilines is 1. The maximum absolute atomic E-state index is 5.90. The van der Waals surface area contributed by atoms with Gasteiger partial charge in [-0.15, -0.1) is 0 Å². The third kappa shape index (κ3) is 2.23. The molecule has 4 rings (SSSR count). The lowest BCUT2D eigenvalue weighted by atomic mass is 10.0. The second-order valence-corrected chi connectivity index (χ2v) is 5.90. The van der Waals surface area contributed by atoms with E-state index >= 15 is 0 Å². The van der Waals surface area contributed by atoms with Crippen molar-refractivity contribution in [1.29, 1.82) is 0 Å². The number of nitrogens with one attached hydrogen (secondary N) is 1. The molecule has 1 unspecified atom stereocenters. The number of aromatic amines is 1. The molecule has 0 saturated heterocycles. The molecular weight excluding hydrogens is 300 g/mol. The predicted molar refractivity (Wildman–Crippen MR) is 94.5 cm³/mol. The Kier molecular flexibility index (Phi) is 3.30. The van der Waals surface area contributed by atoms with Gasteiger partial charge in [0.2, 0.25) is 0 Å². The largest absolute Gasteiger partial charge is 0.382 e. The second kappa shape index (κ2) is 5.49. The van der Waals surface area contributed by atoms with Gasteiger partial charge in [-0.25, -0.2) is 15.0 Å². The maximum Gasteiger partial charge on any atom is 0.166 e. The summed E-state index contributed by atoms with van der Waals surface area (Å²) in [5.74, 6) is 0.400. The number of nitrogen functional groups attached to an aromatic ring is 1. The Bertz CT molecular complexity index is 999. The summed E-state index contributed by atoms with van der Waals surface area (Å²) in [6.07, 6.45) is 3.24. The molecule has 0 spiro atoms. The third-order valence-corrected chi connectivity index (χ3v) is 4.29. The van der Waals surface area contributed by atoms with Crippen LogP contribution in [-0.4, -0.2) is 24.5 Å². The first kappa shape index (κ1) is 14.4. The van der Waals surface area contributed by atoms with Crippen LogP contribution in [0.4, 0.5) is 5.82 Å². The molecule has 4 aromatic rings. The molecule has 0 aliphatic carbocycles. The number of imidazole rings is 1. The molecule has 24 heavy (non-hydrogen) atoms. The van der Waals surface area contributed by atoms with Crippen molar-refractivity contribution >= 4 is 17.0 Å². The molecule has 0 saturated carbocycles. The van der Waals surface area contributed by atoms with Gasteiger partial charge in [0.05, 0.1) is 12.4 Å². The Morgan fingerprint density at radius 1 is 1.12 bits per heavy atom. The van der Waals surface area contributed by atoms with Crippen LogP contribution in [0.5, 0.6) is 0 Å². The van der Waals surface area contributed by atoms with Gasteiger partial charge in [0.1, 0.15) is 11.8 Å². The van der Waals surface area contributed by atoms with Crippen molar-refractivity contribution < 1.29 is 0 Å². The van der Waals surface area contributed by atoms with Crippen LogP contribution >= 0.6 is 0 Å². The van der Waals surface area contributed by atoms with E-state index in [-0.39, 0.29) is 6.04 Å². The summed E-state index contributed by atoms with van der Waals surface area (Å²) in [5.41, 5.74) is 11.9. The van der Waals surface area contributed by atoms with Crippen molar-refractivity contribution in [3.8, 4) is 11.1 Å². The Morgan fingerprint density at radius 2 is 1.92 bits per heavy atom. The van der Waals surface area contributed by atoms with Crippen LogP contribution in [0.2, 0.25) is 0 Å². The Hall–Kier alpha value is -3.15. The highest BCUT2D eigenvalue weighted by Crippen LogP contribution is 2.32. The zero-order valence-electron chi connectivity index (χ0n) is 13.6. The number of aromatic nitrogens is 5. The molecule has 0 amide bonds. The highest BCUT2D eigenvalue weighted by atomic mass is 15.2. The average molecular weight is 318 g/mol. The van der Waals surface area contributed by atoms with Crippen molar-refractivity contribution in [3.05, 3.63) is 60.4 Å². The lowest BCUT2D eigenvalue weighted by Gasteiger charge is -2.15. The summed E-state index contributed by atoms with van der Waals surface area (Å²) < 4.78 is 2.02. The number of nitrogens with zero attached hydrogens (tertiary/aromatic N) is 4. The summed E-state index contributed by atoms with van der Waals surface area (Å²) in [4.78, 5) is 16.2. The van der Waals surface area contributed by atoms with Gasteiger partial charge in [0.25, 0.3) is 0 Å². The van der Waals surface area contributed by atoms with Gasteiger partial charge in [0.15, 0.2) is 11.5 Å². The lowest BCUT2D eigenvalue weighted by Crippen LogP contribution is -2.08. The summed E-state index contributed by atoms with van der Waals surface area (Å²) >= 11 is 0. The van der Waals surface area contributed by atoms with Gasteiger partial charge >= 0.3 is 0 Å². The van der Waals surface area contributed by atoms with Gasteiger partial charge in [-0.3, -0.25) is 0 Å². The molecule has 3 heterocycles. The fourth-order valence-corrected chi connectivity index (χ4v) is 3.09. The van der Waals surface area contributed by atoms with Crippen LogP contribution < -0.4 is 5.73 Å². The van der Waals surface area contributed by atoms with E-state index < -0.39 is 0 Å². The zero-order chi connectivity index (χ0) is 16.7. The SMILES string of the molecule is Cc1cc(-c2ccccc2)c(C(C)n2cnc3c(N)ncnc32)[nH]1. The molecule has 0 aliphatic heterocycles. The minimum absolute atomic E-state index is 0.0354. The zero-order valence-corrected chi connectivity index (χ0v) is 13.6. The molecule has 3 N–H and O–H groups in total. The van der Waals surface area contributed by atoms with E-state index in [1.165, 1.54) is 17.5 Å². The predicted octanol–water partition coefficient (Wildman–Crippen LogP) is 3.32. The summed E-state index contributed by atoms with van der Waals surface area (Å²) in [5, 5.41) is 0. The lowest BCUT2D eigenvalue weighted by molar-refractivity contribution is 0.637. The summed E-state index contributed by atoms with van der Waals surface area (Å²) in [6.45, 7) is 4.19. The van der Waals surface area contributed by atoms with E-state index in [0.717, 1.165) is 17.0 Å². The first-order chi connectivity index (χ1) is 11.6. The fourth-order valence-electron chi connectivity index (χ4n) is 3.09. The number of benzene rings is 1. The van der Waals surface area contributed by atoms with Crippen molar-refractivity contribution in [3.63, 3.8) is 0 Å². The topological polar surface area (TPSA) is 85.4 Å². The summed E-state index contributed by atoms with van der Waals surface area (Å²) in [6, 6.07) is 12.6. The standard InChI is InChI=1S/C18H18N6/c1-11-8-14(13-6-4-3-5-7-13)15(23-11)12(2)24-10-22-16-17(19)20-9-21-18(16)24/h3-10,12,23H,1-2H3,(H2,19,20,21). The normalized spacial score (nSPS) is 12.6. The smallest absolute Gasteiger partial charge is 0.166 e. The van der Waals surface area contributed by atoms with Gasteiger partial charge in [-0.05, 0) is 25.5 Å². The van der Waals surface area contributed by atoms with Crippen molar-refractivity contribution in [2.24, 2.45) is 0 Å². The highest BCUT2D eigenvalue weighted by molar-refractivity contribution is 5.81. The minimum Gasteiger partial charge on any atom is -0.382 e. The monoisotopic (exact) mass is 318 g/mol. The summed E-state index contributed by atoms with van der Waals surface area (Å²) in [7, 11) is 0. The fraction of sp³-hybridized carbons (Fsp3) is 0.167. The van der Waals surface area contributed by atoms with Crippen molar-refractivity contribution in [2.75, 3.05) is 5.73 Å². The van der Waals surface area contributed by atoms with E-state index in [1.807, 2.05) is 22.8 Å². The van der Waals surface area contributed by atoms with Gasteiger partial charge in [-0.2, -0.15) is 0 Å². The van der Waals surface area contributed by atoms with Crippen molar-refractivity contribution in [2.45, 2.75) is 19.9 Å². The molecule has 0 radical (unpaired) electrons. The molecule has 0 aliphatic rings. The van der Waals surface area contributed by atoms with Gasteiger partial charge < -0.3 is 15.3 Å². The van der Waals surface area contributed by atoms with E-state index in [0.29, 0.717) is 11.3 Å². The highest BCUT2D eigenvalue weighted by Gasteiger charge is 2.19.